The van der Waals surface area contributed by atoms with Crippen molar-refractivity contribution in [3.63, 3.8) is 0 Å². The fourth-order valence-corrected chi connectivity index (χ4v) is 3.27. The first-order chi connectivity index (χ1) is 16.6. The van der Waals surface area contributed by atoms with Crippen molar-refractivity contribution in [2.45, 2.75) is 39.5 Å². The molecule has 9 heteroatoms. The van der Waals surface area contributed by atoms with E-state index in [1.807, 2.05) is 31.2 Å². The van der Waals surface area contributed by atoms with Gasteiger partial charge in [-0.2, -0.15) is 5.10 Å². The summed E-state index contributed by atoms with van der Waals surface area (Å²) in [4.78, 5) is 0. The van der Waals surface area contributed by atoms with Gasteiger partial charge in [-0.05, 0) is 67.5 Å². The number of hydrogen-bond acceptors (Lipinski definition) is 6. The first kappa shape index (κ1) is 27.5. The molecular formula is C25H34ClN3O4S. The Bertz CT molecular complexity index is 910. The summed E-state index contributed by atoms with van der Waals surface area (Å²) in [6.45, 7) is 5.97. The highest BCUT2D eigenvalue weighted by Crippen LogP contribution is 2.36. The molecule has 34 heavy (non-hydrogen) atoms. The van der Waals surface area contributed by atoms with Crippen molar-refractivity contribution in [2.24, 2.45) is 5.10 Å². The largest absolute Gasteiger partial charge is 0.494 e. The Kier molecular flexibility index (Phi) is 13.0. The molecular weight excluding hydrogens is 474 g/mol. The minimum absolute atomic E-state index is 0.306. The summed E-state index contributed by atoms with van der Waals surface area (Å²) in [5.41, 5.74) is 3.44. The summed E-state index contributed by atoms with van der Waals surface area (Å²) in [7, 11) is 1.71. The van der Waals surface area contributed by atoms with Gasteiger partial charge in [-0.3, -0.25) is 5.43 Å². The molecule has 2 aromatic rings. The van der Waals surface area contributed by atoms with Crippen LogP contribution >= 0.6 is 23.8 Å². The number of nitrogens with one attached hydrogen (secondary N) is 2. The van der Waals surface area contributed by atoms with Crippen LogP contribution in [0.15, 0.2) is 41.5 Å². The molecule has 0 aromatic heterocycles. The molecule has 0 saturated carbocycles. The van der Waals surface area contributed by atoms with Crippen molar-refractivity contribution in [2.75, 3.05) is 33.5 Å². The zero-order valence-corrected chi connectivity index (χ0v) is 21.6. The maximum atomic E-state index is 6.44. The Morgan fingerprint density at radius 3 is 2.26 bits per heavy atom. The number of thiocarbonyl (C=S) groups is 1. The van der Waals surface area contributed by atoms with Crippen LogP contribution in [0.4, 0.5) is 0 Å². The number of nitrogens with zero attached hydrogens (tertiary/aromatic N) is 1. The molecule has 0 aliphatic carbocycles. The van der Waals surface area contributed by atoms with Crippen LogP contribution in [0.3, 0.4) is 0 Å². The van der Waals surface area contributed by atoms with Gasteiger partial charge in [0, 0.05) is 7.05 Å². The molecule has 2 aromatic carbocycles. The van der Waals surface area contributed by atoms with Crippen molar-refractivity contribution in [1.82, 2.24) is 10.7 Å². The van der Waals surface area contributed by atoms with Crippen LogP contribution in [0, 0.1) is 0 Å². The highest BCUT2D eigenvalue weighted by Gasteiger charge is 2.12. The third kappa shape index (κ3) is 10.1. The van der Waals surface area contributed by atoms with E-state index in [-0.39, 0.29) is 0 Å². The first-order valence-electron chi connectivity index (χ1n) is 11.5. The van der Waals surface area contributed by atoms with E-state index in [0.717, 1.165) is 30.1 Å². The molecule has 2 N–H and O–H groups in total. The second kappa shape index (κ2) is 16.0. The fraction of sp³-hybridized carbons (Fsp3) is 0.440. The number of benzene rings is 2. The van der Waals surface area contributed by atoms with E-state index in [0.29, 0.717) is 41.5 Å². The van der Waals surface area contributed by atoms with E-state index < -0.39 is 0 Å². The van der Waals surface area contributed by atoms with Crippen LogP contribution in [0.1, 0.15) is 45.1 Å². The lowest BCUT2D eigenvalue weighted by Crippen LogP contribution is -2.28. The highest BCUT2D eigenvalue weighted by atomic mass is 35.5. The predicted octanol–water partition coefficient (Wildman–Crippen LogP) is 5.58. The summed E-state index contributed by atoms with van der Waals surface area (Å²) in [6, 6.07) is 11.2. The molecule has 2 rings (SSSR count). The van der Waals surface area contributed by atoms with E-state index in [2.05, 4.69) is 22.8 Å². The van der Waals surface area contributed by atoms with Crippen LogP contribution in [-0.2, 0) is 0 Å². The molecule has 0 atom stereocenters. The van der Waals surface area contributed by atoms with Crippen LogP contribution in [-0.4, -0.2) is 44.8 Å². The topological polar surface area (TPSA) is 73.3 Å². The minimum atomic E-state index is 0.306. The Hall–Kier alpha value is -2.71. The molecule has 0 bridgehead atoms. The maximum absolute atomic E-state index is 6.44. The summed E-state index contributed by atoms with van der Waals surface area (Å²) in [5, 5.41) is 7.68. The average molecular weight is 508 g/mol. The van der Waals surface area contributed by atoms with Crippen LogP contribution < -0.4 is 29.7 Å². The summed E-state index contributed by atoms with van der Waals surface area (Å²) < 4.78 is 23.1. The van der Waals surface area contributed by atoms with Gasteiger partial charge in [0.15, 0.2) is 16.6 Å². The van der Waals surface area contributed by atoms with E-state index >= 15 is 0 Å². The Labute approximate surface area is 212 Å². The lowest BCUT2D eigenvalue weighted by molar-refractivity contribution is 0.208. The molecule has 0 amide bonds. The fourth-order valence-electron chi connectivity index (χ4n) is 2.94. The Morgan fingerprint density at radius 2 is 1.62 bits per heavy atom. The standard InChI is InChI=1S/C25H34ClN3O4S/c1-4-6-7-8-13-31-20-9-11-21(12-10-20)32-14-15-33-24-22(26)16-19(17-23(24)30-5-2)18-28-29-25(34)27-3/h9-12,16-18H,4-8,13-15H2,1-3H3,(H2,27,29,34)/b28-18+. The van der Waals surface area contributed by atoms with Gasteiger partial charge in [0.25, 0.3) is 0 Å². The maximum Gasteiger partial charge on any atom is 0.186 e. The summed E-state index contributed by atoms with van der Waals surface area (Å²) in [6.07, 6.45) is 6.34. The first-order valence-corrected chi connectivity index (χ1v) is 12.3. The van der Waals surface area contributed by atoms with Gasteiger partial charge >= 0.3 is 0 Å². The number of rotatable bonds is 15. The molecule has 0 saturated heterocycles. The molecule has 0 fully saturated rings. The molecule has 0 radical (unpaired) electrons. The van der Waals surface area contributed by atoms with Crippen LogP contribution in [0.5, 0.6) is 23.0 Å². The zero-order chi connectivity index (χ0) is 24.6. The van der Waals surface area contributed by atoms with E-state index in [4.69, 9.17) is 42.8 Å². The monoisotopic (exact) mass is 507 g/mol. The Morgan fingerprint density at radius 1 is 0.941 bits per heavy atom. The normalized spacial score (nSPS) is 10.7. The molecule has 0 heterocycles. The lowest BCUT2D eigenvalue weighted by Gasteiger charge is -2.15. The smallest absolute Gasteiger partial charge is 0.186 e. The van der Waals surface area contributed by atoms with Crippen molar-refractivity contribution in [1.29, 1.82) is 0 Å². The second-order valence-corrected chi connectivity index (χ2v) is 8.11. The molecule has 7 nitrogen and oxygen atoms in total. The predicted molar refractivity (Wildman–Crippen MR) is 142 cm³/mol. The van der Waals surface area contributed by atoms with Crippen molar-refractivity contribution >= 4 is 35.1 Å². The van der Waals surface area contributed by atoms with E-state index in [1.165, 1.54) is 19.3 Å². The summed E-state index contributed by atoms with van der Waals surface area (Å²) >= 11 is 11.4. The number of hydrazone groups is 1. The number of halogens is 1. The average Bonchev–Trinajstić information content (AvgIpc) is 2.84. The van der Waals surface area contributed by atoms with Gasteiger partial charge in [-0.15, -0.1) is 0 Å². The van der Waals surface area contributed by atoms with Gasteiger partial charge in [-0.25, -0.2) is 0 Å². The van der Waals surface area contributed by atoms with E-state index in [9.17, 15) is 0 Å². The van der Waals surface area contributed by atoms with Gasteiger partial charge in [0.2, 0.25) is 0 Å². The molecule has 0 aliphatic heterocycles. The Balaban J connectivity index is 1.84. The van der Waals surface area contributed by atoms with Crippen LogP contribution in [0.25, 0.3) is 0 Å². The second-order valence-electron chi connectivity index (χ2n) is 7.29. The van der Waals surface area contributed by atoms with Crippen molar-refractivity contribution in [3.05, 3.63) is 47.0 Å². The lowest BCUT2D eigenvalue weighted by atomic mass is 10.2. The van der Waals surface area contributed by atoms with Crippen LogP contribution in [0.2, 0.25) is 5.02 Å². The highest BCUT2D eigenvalue weighted by molar-refractivity contribution is 7.80. The molecule has 0 aliphatic rings. The number of unbranched alkanes of at least 4 members (excludes halogenated alkanes) is 3. The third-order valence-electron chi connectivity index (χ3n) is 4.63. The van der Waals surface area contributed by atoms with Crippen molar-refractivity contribution < 1.29 is 18.9 Å². The molecule has 0 spiro atoms. The number of hydrogen-bond donors (Lipinski definition) is 2. The van der Waals surface area contributed by atoms with Gasteiger partial charge in [-0.1, -0.05) is 37.8 Å². The van der Waals surface area contributed by atoms with E-state index in [1.54, 1.807) is 25.4 Å². The quantitative estimate of drug-likeness (QED) is 0.141. The SMILES string of the molecule is CCCCCCOc1ccc(OCCOc2c(Cl)cc(/C=N/NC(=S)NC)cc2OCC)cc1. The zero-order valence-electron chi connectivity index (χ0n) is 20.1. The van der Waals surface area contributed by atoms with Gasteiger partial charge < -0.3 is 24.3 Å². The number of ether oxygens (including phenoxy) is 4. The molecule has 186 valence electrons. The van der Waals surface area contributed by atoms with Gasteiger partial charge in [0.05, 0.1) is 24.5 Å². The summed E-state index contributed by atoms with van der Waals surface area (Å²) in [5.74, 6) is 2.60. The molecule has 0 unspecified atom stereocenters. The minimum Gasteiger partial charge on any atom is -0.494 e. The van der Waals surface area contributed by atoms with Crippen molar-refractivity contribution in [3.8, 4) is 23.0 Å². The van der Waals surface area contributed by atoms with Gasteiger partial charge in [0.1, 0.15) is 24.7 Å². The third-order valence-corrected chi connectivity index (χ3v) is 5.20.